The minimum Gasteiger partial charge on any atom is -0.369 e. The minimum atomic E-state index is -2.91. The monoisotopic (exact) mass is 573 g/mol. The zero-order valence-corrected chi connectivity index (χ0v) is 21.6. The van der Waals surface area contributed by atoms with Gasteiger partial charge in [-0.1, -0.05) is 35.9 Å². The van der Waals surface area contributed by atoms with E-state index in [0.29, 0.717) is 0 Å². The molecule has 1 aliphatic heterocycles. The van der Waals surface area contributed by atoms with Crippen LogP contribution in [0.25, 0.3) is 0 Å². The molecule has 1 saturated carbocycles. The average molecular weight is 574 g/mol. The largest absolute Gasteiger partial charge is 0.369 e. The summed E-state index contributed by atoms with van der Waals surface area (Å²) in [7, 11) is 0. The van der Waals surface area contributed by atoms with Crippen LogP contribution >= 0.6 is 11.6 Å². The van der Waals surface area contributed by atoms with Crippen LogP contribution < -0.4 is 15.1 Å². The second kappa shape index (κ2) is 11.2. The lowest BCUT2D eigenvalue weighted by atomic mass is 9.87. The maximum Gasteiger partial charge on any atom is 0.256 e. The lowest BCUT2D eigenvalue weighted by Crippen LogP contribution is -2.60. The number of alkyl halides is 2. The summed E-state index contributed by atoms with van der Waals surface area (Å²) in [5, 5.41) is 2.68. The predicted octanol–water partition coefficient (Wildman–Crippen LogP) is 3.69. The van der Waals surface area contributed by atoms with Crippen molar-refractivity contribution < 1.29 is 32.3 Å². The normalized spacial score (nSPS) is 19.4. The number of amides is 3. The average Bonchev–Trinajstić information content (AvgIpc) is 2.91. The summed E-state index contributed by atoms with van der Waals surface area (Å²) in [4.78, 5) is 51.3. The highest BCUT2D eigenvalue weighted by Gasteiger charge is 2.48. The highest BCUT2D eigenvalue weighted by Crippen LogP contribution is 2.39. The van der Waals surface area contributed by atoms with Crippen molar-refractivity contribution in [1.29, 1.82) is 0 Å². The first-order valence-corrected chi connectivity index (χ1v) is 12.7. The van der Waals surface area contributed by atoms with Gasteiger partial charge in [0.05, 0.1) is 6.61 Å². The summed E-state index contributed by atoms with van der Waals surface area (Å²) in [6, 6.07) is 8.98. The van der Waals surface area contributed by atoms with Gasteiger partial charge in [-0.05, 0) is 30.3 Å². The van der Waals surface area contributed by atoms with E-state index in [1.807, 2.05) is 0 Å². The summed E-state index contributed by atoms with van der Waals surface area (Å²) in [6.45, 7) is -0.618. The highest BCUT2D eigenvalue weighted by atomic mass is 35.5. The van der Waals surface area contributed by atoms with Crippen molar-refractivity contribution >= 4 is 41.0 Å². The second-order valence-electron chi connectivity index (χ2n) is 9.43. The van der Waals surface area contributed by atoms with Crippen LogP contribution in [0.5, 0.6) is 0 Å². The fraction of sp³-hybridized carbons (Fsp3) is 0.296. The lowest BCUT2D eigenvalue weighted by molar-refractivity contribution is -0.136. The van der Waals surface area contributed by atoms with E-state index in [0.717, 1.165) is 21.9 Å². The molecule has 1 saturated heterocycles. The molecule has 2 aliphatic rings. The van der Waals surface area contributed by atoms with Crippen molar-refractivity contribution in [1.82, 2.24) is 15.3 Å². The number of benzene rings is 2. The van der Waals surface area contributed by atoms with Gasteiger partial charge in [-0.2, -0.15) is 0 Å². The number of carbonyl (C=O) groups excluding carboxylic acids is 3. The molecule has 3 amide bonds. The number of ether oxygens (including phenoxy) is 1. The Bertz CT molecular complexity index is 1420. The van der Waals surface area contributed by atoms with Crippen LogP contribution in [0.1, 0.15) is 24.4 Å². The molecule has 0 bridgehead atoms. The number of carbonyl (C=O) groups is 3. The number of halogens is 4. The number of hydrogen-bond donors (Lipinski definition) is 1. The summed E-state index contributed by atoms with van der Waals surface area (Å²) in [5.74, 6) is -5.92. The van der Waals surface area contributed by atoms with Crippen LogP contribution in [-0.2, 0) is 19.1 Å². The van der Waals surface area contributed by atoms with Gasteiger partial charge >= 0.3 is 0 Å². The van der Waals surface area contributed by atoms with Crippen molar-refractivity contribution in [3.63, 3.8) is 0 Å². The van der Waals surface area contributed by atoms with Gasteiger partial charge in [0.1, 0.15) is 24.5 Å². The quantitative estimate of drug-likeness (QED) is 0.462. The minimum absolute atomic E-state index is 0.0315. The first kappa shape index (κ1) is 27.5. The zero-order chi connectivity index (χ0) is 28.4. The molecule has 0 radical (unpaired) electrons. The van der Waals surface area contributed by atoms with E-state index in [1.54, 1.807) is 12.1 Å². The molecule has 0 spiro atoms. The lowest BCUT2D eigenvalue weighted by Gasteiger charge is -2.40. The van der Waals surface area contributed by atoms with Crippen molar-refractivity contribution in [2.45, 2.75) is 36.9 Å². The number of nitrogens with zero attached hydrogens (tertiary/aromatic N) is 4. The Morgan fingerprint density at radius 1 is 1.10 bits per heavy atom. The predicted molar refractivity (Wildman–Crippen MR) is 138 cm³/mol. The summed E-state index contributed by atoms with van der Waals surface area (Å²) in [5.41, 5.74) is 0.131. The van der Waals surface area contributed by atoms with Crippen LogP contribution in [0.4, 0.5) is 24.8 Å². The molecule has 1 aliphatic carbocycles. The molecular formula is C27H23ClF3N5O4. The van der Waals surface area contributed by atoms with E-state index < -0.39 is 60.4 Å². The Morgan fingerprint density at radius 2 is 1.82 bits per heavy atom. The Labute approximate surface area is 231 Å². The number of aromatic nitrogens is 2. The third-order valence-electron chi connectivity index (χ3n) is 6.60. The molecular weight excluding hydrogens is 551 g/mol. The Morgan fingerprint density at radius 3 is 2.50 bits per heavy atom. The van der Waals surface area contributed by atoms with Gasteiger partial charge in [0.25, 0.3) is 17.7 Å². The van der Waals surface area contributed by atoms with E-state index in [9.17, 15) is 27.6 Å². The SMILES string of the molecule is O=C(NC1CC(F)(F)C1)[C@H](c1ccccc1Cl)N(C(=O)C1COCC(=O)N1c1ncccn1)c1cccc(F)c1. The number of anilines is 2. The Hall–Kier alpha value is -4.03. The van der Waals surface area contributed by atoms with E-state index in [-0.39, 0.29) is 35.4 Å². The van der Waals surface area contributed by atoms with Crippen molar-refractivity contribution in [3.05, 3.63) is 83.4 Å². The molecule has 208 valence electrons. The fourth-order valence-electron chi connectivity index (χ4n) is 4.75. The van der Waals surface area contributed by atoms with Gasteiger partial charge in [0.15, 0.2) is 0 Å². The van der Waals surface area contributed by atoms with E-state index in [4.69, 9.17) is 16.3 Å². The van der Waals surface area contributed by atoms with Crippen LogP contribution in [0.3, 0.4) is 0 Å². The fourth-order valence-corrected chi connectivity index (χ4v) is 4.99. The molecule has 40 heavy (non-hydrogen) atoms. The molecule has 1 aromatic heterocycles. The molecule has 13 heteroatoms. The van der Waals surface area contributed by atoms with Crippen LogP contribution in [0.15, 0.2) is 67.0 Å². The zero-order valence-electron chi connectivity index (χ0n) is 20.8. The highest BCUT2D eigenvalue weighted by molar-refractivity contribution is 6.31. The standard InChI is InChI=1S/C27H23ClF3N5O4/c28-20-8-2-1-7-19(20)23(24(38)34-17-12-27(30,31)13-17)35(18-6-3-5-16(29)11-18)25(39)21-14-40-15-22(37)36(21)26-32-9-4-10-33-26/h1-11,17,21,23H,12-15H2,(H,34,38)/t21?,23-/m0/s1. The second-order valence-corrected chi connectivity index (χ2v) is 9.83. The Kier molecular flexibility index (Phi) is 7.72. The van der Waals surface area contributed by atoms with Gasteiger partial charge in [-0.25, -0.2) is 23.1 Å². The molecule has 5 rings (SSSR count). The Balaban J connectivity index is 1.61. The molecule has 1 unspecified atom stereocenters. The summed E-state index contributed by atoms with van der Waals surface area (Å²) < 4.78 is 47.0. The van der Waals surface area contributed by atoms with Crippen LogP contribution in [0, 0.1) is 5.82 Å². The number of morpholine rings is 1. The van der Waals surface area contributed by atoms with Gasteiger partial charge in [-0.15, -0.1) is 0 Å². The molecule has 2 fully saturated rings. The van der Waals surface area contributed by atoms with E-state index in [1.165, 1.54) is 42.7 Å². The maximum absolute atomic E-state index is 14.5. The van der Waals surface area contributed by atoms with E-state index >= 15 is 0 Å². The topological polar surface area (TPSA) is 105 Å². The van der Waals surface area contributed by atoms with Gasteiger partial charge in [-0.3, -0.25) is 24.2 Å². The van der Waals surface area contributed by atoms with Crippen LogP contribution in [0.2, 0.25) is 5.02 Å². The van der Waals surface area contributed by atoms with Crippen molar-refractivity contribution in [3.8, 4) is 0 Å². The van der Waals surface area contributed by atoms with Crippen LogP contribution in [-0.4, -0.2) is 58.9 Å². The van der Waals surface area contributed by atoms with Gasteiger partial charge in [0, 0.05) is 47.6 Å². The molecule has 3 aromatic rings. The van der Waals surface area contributed by atoms with Crippen molar-refractivity contribution in [2.75, 3.05) is 23.0 Å². The maximum atomic E-state index is 14.5. The number of nitrogens with one attached hydrogen (secondary N) is 1. The van der Waals surface area contributed by atoms with E-state index in [2.05, 4.69) is 15.3 Å². The van der Waals surface area contributed by atoms with Gasteiger partial charge in [0.2, 0.25) is 11.9 Å². The molecule has 2 atom stereocenters. The summed E-state index contributed by atoms with van der Waals surface area (Å²) >= 11 is 6.47. The van der Waals surface area contributed by atoms with Gasteiger partial charge < -0.3 is 10.1 Å². The molecule has 2 aromatic carbocycles. The third-order valence-corrected chi connectivity index (χ3v) is 6.95. The van der Waals surface area contributed by atoms with Crippen molar-refractivity contribution in [2.24, 2.45) is 0 Å². The molecule has 9 nitrogen and oxygen atoms in total. The third kappa shape index (κ3) is 5.63. The molecule has 2 heterocycles. The number of rotatable bonds is 7. The molecule has 1 N–H and O–H groups in total. The first-order valence-electron chi connectivity index (χ1n) is 12.3. The first-order chi connectivity index (χ1) is 19.1. The summed E-state index contributed by atoms with van der Waals surface area (Å²) in [6.07, 6.45) is 1.66. The number of hydrogen-bond acceptors (Lipinski definition) is 6. The smallest absolute Gasteiger partial charge is 0.256 e.